The Bertz CT molecular complexity index is 522. The molecule has 6 heteroatoms. The fourth-order valence-electron chi connectivity index (χ4n) is 2.31. The van der Waals surface area contributed by atoms with Gasteiger partial charge in [0.05, 0.1) is 6.04 Å². The number of ether oxygens (including phenoxy) is 1. The molecule has 2 aromatic heterocycles. The van der Waals surface area contributed by atoms with Crippen molar-refractivity contribution in [3.05, 3.63) is 28.2 Å². The molecule has 0 bridgehead atoms. The maximum Gasteiger partial charge on any atom is 0.222 e. The SMILES string of the molecule is COCc1nc2n(n1)[C@H](c1cccs1)C[C@@H](C)N2. The van der Waals surface area contributed by atoms with Gasteiger partial charge in [0.2, 0.25) is 5.95 Å². The minimum Gasteiger partial charge on any atom is -0.377 e. The van der Waals surface area contributed by atoms with Crippen molar-refractivity contribution in [2.45, 2.75) is 32.0 Å². The molecule has 0 saturated carbocycles. The quantitative estimate of drug-likeness (QED) is 0.924. The highest BCUT2D eigenvalue weighted by molar-refractivity contribution is 7.10. The second-order valence-electron chi connectivity index (χ2n) is 4.54. The van der Waals surface area contributed by atoms with Crippen molar-refractivity contribution in [1.82, 2.24) is 14.8 Å². The van der Waals surface area contributed by atoms with Gasteiger partial charge in [-0.05, 0) is 24.8 Å². The van der Waals surface area contributed by atoms with Crippen LogP contribution in [0.25, 0.3) is 0 Å². The number of anilines is 1. The van der Waals surface area contributed by atoms with E-state index in [0.29, 0.717) is 12.6 Å². The van der Waals surface area contributed by atoms with E-state index in [1.807, 2.05) is 4.68 Å². The van der Waals surface area contributed by atoms with Gasteiger partial charge in [-0.3, -0.25) is 0 Å². The highest BCUT2D eigenvalue weighted by Gasteiger charge is 2.28. The van der Waals surface area contributed by atoms with Crippen molar-refractivity contribution < 1.29 is 4.74 Å². The van der Waals surface area contributed by atoms with E-state index in [2.05, 4.69) is 39.8 Å². The highest BCUT2D eigenvalue weighted by atomic mass is 32.1. The lowest BCUT2D eigenvalue weighted by Gasteiger charge is -2.28. The first kappa shape index (κ1) is 11.7. The van der Waals surface area contributed by atoms with Crippen molar-refractivity contribution >= 4 is 17.3 Å². The third-order valence-corrected chi connectivity index (χ3v) is 4.04. The molecular formula is C12H16N4OS. The van der Waals surface area contributed by atoms with E-state index in [0.717, 1.165) is 18.2 Å². The Balaban J connectivity index is 1.98. The van der Waals surface area contributed by atoms with Crippen molar-refractivity contribution in [2.75, 3.05) is 12.4 Å². The molecule has 18 heavy (non-hydrogen) atoms. The van der Waals surface area contributed by atoms with Crippen molar-refractivity contribution in [3.8, 4) is 0 Å². The van der Waals surface area contributed by atoms with Crippen LogP contribution < -0.4 is 5.32 Å². The standard InChI is InChI=1S/C12H16N4OS/c1-8-6-9(10-4-3-5-18-10)16-12(13-8)14-11(15-16)7-17-2/h3-5,8-9H,6-7H2,1-2H3,(H,13,14,15)/t8-,9+/m1/s1. The molecule has 2 aromatic rings. The van der Waals surface area contributed by atoms with Gasteiger partial charge in [0, 0.05) is 18.0 Å². The number of rotatable bonds is 3. The Labute approximate surface area is 110 Å². The van der Waals surface area contributed by atoms with Crippen LogP contribution in [0, 0.1) is 0 Å². The molecule has 5 nitrogen and oxygen atoms in total. The Morgan fingerprint density at radius 1 is 1.61 bits per heavy atom. The fraction of sp³-hybridized carbons (Fsp3) is 0.500. The van der Waals surface area contributed by atoms with Gasteiger partial charge in [-0.1, -0.05) is 6.07 Å². The van der Waals surface area contributed by atoms with E-state index in [1.165, 1.54) is 4.88 Å². The van der Waals surface area contributed by atoms with E-state index >= 15 is 0 Å². The summed E-state index contributed by atoms with van der Waals surface area (Å²) in [5.74, 6) is 1.58. The number of aromatic nitrogens is 3. The van der Waals surface area contributed by atoms with Gasteiger partial charge in [-0.25, -0.2) is 4.68 Å². The van der Waals surface area contributed by atoms with E-state index < -0.39 is 0 Å². The van der Waals surface area contributed by atoms with Crippen LogP contribution in [0.2, 0.25) is 0 Å². The zero-order chi connectivity index (χ0) is 12.5. The molecule has 3 rings (SSSR count). The summed E-state index contributed by atoms with van der Waals surface area (Å²) in [6, 6.07) is 4.94. The van der Waals surface area contributed by atoms with Gasteiger partial charge in [-0.2, -0.15) is 10.1 Å². The lowest BCUT2D eigenvalue weighted by atomic mass is 10.1. The average molecular weight is 264 g/mol. The summed E-state index contributed by atoms with van der Waals surface area (Å²) in [5, 5.41) is 10.0. The molecule has 0 aromatic carbocycles. The Kier molecular flexibility index (Phi) is 3.05. The molecule has 0 radical (unpaired) electrons. The number of hydrogen-bond acceptors (Lipinski definition) is 5. The first-order chi connectivity index (χ1) is 8.78. The minimum atomic E-state index is 0.286. The lowest BCUT2D eigenvalue weighted by Crippen LogP contribution is -2.30. The van der Waals surface area contributed by atoms with Gasteiger partial charge in [0.1, 0.15) is 6.61 Å². The molecule has 0 aliphatic carbocycles. The predicted molar refractivity (Wildman–Crippen MR) is 70.9 cm³/mol. The van der Waals surface area contributed by atoms with Crippen LogP contribution in [0.4, 0.5) is 5.95 Å². The fourth-order valence-corrected chi connectivity index (χ4v) is 3.13. The van der Waals surface area contributed by atoms with E-state index in [-0.39, 0.29) is 6.04 Å². The Hall–Kier alpha value is -1.40. The summed E-state index contributed by atoms with van der Waals surface area (Å²) in [4.78, 5) is 5.80. The van der Waals surface area contributed by atoms with Gasteiger partial charge in [0.25, 0.3) is 0 Å². The molecule has 0 spiro atoms. The van der Waals surface area contributed by atoms with Crippen molar-refractivity contribution in [2.24, 2.45) is 0 Å². The third-order valence-electron chi connectivity index (χ3n) is 3.07. The molecule has 1 N–H and O–H groups in total. The van der Waals surface area contributed by atoms with Crippen LogP contribution in [0.3, 0.4) is 0 Å². The molecule has 0 unspecified atom stereocenters. The largest absolute Gasteiger partial charge is 0.377 e. The number of hydrogen-bond donors (Lipinski definition) is 1. The topological polar surface area (TPSA) is 52.0 Å². The molecule has 2 atom stereocenters. The smallest absolute Gasteiger partial charge is 0.222 e. The maximum atomic E-state index is 5.09. The van der Waals surface area contributed by atoms with Crippen LogP contribution in [0.1, 0.15) is 30.1 Å². The number of methoxy groups -OCH3 is 1. The predicted octanol–water partition coefficient (Wildman–Crippen LogP) is 2.28. The summed E-state index contributed by atoms with van der Waals surface area (Å²) in [6.45, 7) is 2.63. The zero-order valence-electron chi connectivity index (χ0n) is 10.5. The van der Waals surface area contributed by atoms with Crippen molar-refractivity contribution in [1.29, 1.82) is 0 Å². The van der Waals surface area contributed by atoms with E-state index in [4.69, 9.17) is 4.74 Å². The molecule has 0 fully saturated rings. The molecular weight excluding hydrogens is 248 g/mol. The third kappa shape index (κ3) is 2.02. The summed E-state index contributed by atoms with van der Waals surface area (Å²) < 4.78 is 7.08. The number of nitrogens with zero attached hydrogens (tertiary/aromatic N) is 3. The van der Waals surface area contributed by atoms with Crippen LogP contribution >= 0.6 is 11.3 Å². The van der Waals surface area contributed by atoms with Gasteiger partial charge < -0.3 is 10.1 Å². The lowest BCUT2D eigenvalue weighted by molar-refractivity contribution is 0.177. The molecule has 3 heterocycles. The van der Waals surface area contributed by atoms with Crippen LogP contribution in [0.15, 0.2) is 17.5 Å². The van der Waals surface area contributed by atoms with Crippen LogP contribution in [-0.2, 0) is 11.3 Å². The minimum absolute atomic E-state index is 0.286. The average Bonchev–Trinajstić information content (AvgIpc) is 2.96. The molecule has 1 aliphatic rings. The summed E-state index contributed by atoms with van der Waals surface area (Å²) in [5.41, 5.74) is 0. The number of fused-ring (bicyclic) bond motifs is 1. The summed E-state index contributed by atoms with van der Waals surface area (Å²) in [7, 11) is 1.66. The zero-order valence-corrected chi connectivity index (χ0v) is 11.3. The molecule has 1 aliphatic heterocycles. The van der Waals surface area contributed by atoms with Gasteiger partial charge >= 0.3 is 0 Å². The normalized spacial score (nSPS) is 22.6. The Morgan fingerprint density at radius 2 is 2.50 bits per heavy atom. The monoisotopic (exact) mass is 264 g/mol. The Morgan fingerprint density at radius 3 is 3.22 bits per heavy atom. The summed E-state index contributed by atoms with van der Waals surface area (Å²) >= 11 is 1.77. The number of nitrogens with one attached hydrogen (secondary N) is 1. The van der Waals surface area contributed by atoms with Gasteiger partial charge in [0.15, 0.2) is 5.82 Å². The second kappa shape index (κ2) is 4.70. The molecule has 96 valence electrons. The van der Waals surface area contributed by atoms with Crippen LogP contribution in [0.5, 0.6) is 0 Å². The highest BCUT2D eigenvalue weighted by Crippen LogP contribution is 2.33. The first-order valence-electron chi connectivity index (χ1n) is 6.02. The maximum absolute atomic E-state index is 5.09. The van der Waals surface area contributed by atoms with Crippen LogP contribution in [-0.4, -0.2) is 27.9 Å². The second-order valence-corrected chi connectivity index (χ2v) is 5.52. The summed E-state index contributed by atoms with van der Waals surface area (Å²) in [6.07, 6.45) is 1.03. The van der Waals surface area contributed by atoms with E-state index in [1.54, 1.807) is 18.4 Å². The van der Waals surface area contributed by atoms with Crippen molar-refractivity contribution in [3.63, 3.8) is 0 Å². The molecule has 0 saturated heterocycles. The molecule has 0 amide bonds. The van der Waals surface area contributed by atoms with Gasteiger partial charge in [-0.15, -0.1) is 11.3 Å². The van der Waals surface area contributed by atoms with E-state index in [9.17, 15) is 0 Å². The first-order valence-corrected chi connectivity index (χ1v) is 6.90. The number of thiophene rings is 1.